The average molecular weight is 195 g/mol. The molecule has 0 amide bonds. The molecule has 13 heavy (non-hydrogen) atoms. The normalized spacial score (nSPS) is 12.4. The minimum Gasteiger partial charge on any atom is -0.118 e. The summed E-state index contributed by atoms with van der Waals surface area (Å²) in [5.74, 6) is 0. The minimum absolute atomic E-state index is 0.154. The monoisotopic (exact) mass is 194 g/mol. The van der Waals surface area contributed by atoms with Crippen molar-refractivity contribution in [2.75, 3.05) is 0 Å². The lowest BCUT2D eigenvalue weighted by molar-refractivity contribution is 0.728. The van der Waals surface area contributed by atoms with Crippen molar-refractivity contribution in [3.63, 3.8) is 0 Å². The lowest BCUT2D eigenvalue weighted by Crippen LogP contribution is -1.89. The fraction of sp³-hybridized carbons (Fsp3) is 0.333. The third-order valence-corrected chi connectivity index (χ3v) is 2.50. The maximum absolute atomic E-state index is 6.21. The van der Waals surface area contributed by atoms with Crippen molar-refractivity contribution in [2.45, 2.75) is 24.6 Å². The molecule has 0 heterocycles. The van der Waals surface area contributed by atoms with E-state index in [-0.39, 0.29) is 5.38 Å². The number of rotatable bonds is 5. The molecule has 0 saturated heterocycles. The molecule has 0 bridgehead atoms. The van der Waals surface area contributed by atoms with Crippen molar-refractivity contribution < 1.29 is 0 Å². The summed E-state index contributed by atoms with van der Waals surface area (Å²) in [5.41, 5.74) is 1.22. The van der Waals surface area contributed by atoms with Crippen LogP contribution >= 0.6 is 11.6 Å². The van der Waals surface area contributed by atoms with Crippen LogP contribution in [0.25, 0.3) is 0 Å². The first-order valence-corrected chi connectivity index (χ1v) is 5.08. The summed E-state index contributed by atoms with van der Waals surface area (Å²) in [6, 6.07) is 10.2. The molecule has 0 aliphatic carbocycles. The first-order valence-electron chi connectivity index (χ1n) is 4.64. The zero-order valence-corrected chi connectivity index (χ0v) is 8.50. The average Bonchev–Trinajstić information content (AvgIpc) is 2.19. The van der Waals surface area contributed by atoms with Crippen molar-refractivity contribution in [3.8, 4) is 0 Å². The smallest absolute Gasteiger partial charge is 0.0585 e. The Morgan fingerprint density at radius 1 is 1.31 bits per heavy atom. The van der Waals surface area contributed by atoms with Crippen molar-refractivity contribution in [1.82, 2.24) is 0 Å². The molecule has 1 rings (SSSR count). The van der Waals surface area contributed by atoms with Gasteiger partial charge in [-0.05, 0) is 24.8 Å². The molecule has 0 aromatic heterocycles. The topological polar surface area (TPSA) is 0 Å². The van der Waals surface area contributed by atoms with E-state index < -0.39 is 0 Å². The number of halogens is 1. The van der Waals surface area contributed by atoms with Crippen LogP contribution in [0.2, 0.25) is 0 Å². The minimum atomic E-state index is 0.154. The maximum atomic E-state index is 6.21. The molecule has 70 valence electrons. The first kappa shape index (κ1) is 10.3. The Labute approximate surface area is 85.2 Å². The molecule has 0 fully saturated rings. The van der Waals surface area contributed by atoms with Gasteiger partial charge in [0.25, 0.3) is 0 Å². The number of unbranched alkanes of at least 4 members (excludes halogenated alkanes) is 1. The van der Waals surface area contributed by atoms with Crippen LogP contribution in [0.3, 0.4) is 0 Å². The number of benzene rings is 1. The Bertz CT molecular complexity index is 241. The van der Waals surface area contributed by atoms with Crippen LogP contribution in [0.4, 0.5) is 0 Å². The number of alkyl halides is 1. The Hall–Kier alpha value is -0.750. The van der Waals surface area contributed by atoms with E-state index in [4.69, 9.17) is 11.6 Å². The summed E-state index contributed by atoms with van der Waals surface area (Å²) in [6.07, 6.45) is 5.13. The van der Waals surface area contributed by atoms with E-state index >= 15 is 0 Å². The van der Waals surface area contributed by atoms with Gasteiger partial charge in [-0.2, -0.15) is 0 Å². The van der Waals surface area contributed by atoms with E-state index in [1.54, 1.807) is 0 Å². The third-order valence-electron chi connectivity index (χ3n) is 2.03. The maximum Gasteiger partial charge on any atom is 0.0585 e. The lowest BCUT2D eigenvalue weighted by atomic mass is 10.1. The fourth-order valence-corrected chi connectivity index (χ4v) is 1.57. The summed E-state index contributed by atoms with van der Waals surface area (Å²) in [4.78, 5) is 0. The van der Waals surface area contributed by atoms with Crippen LogP contribution in [-0.4, -0.2) is 0 Å². The van der Waals surface area contributed by atoms with Gasteiger partial charge in [0.05, 0.1) is 5.38 Å². The molecule has 1 atom stereocenters. The molecule has 0 unspecified atom stereocenters. The van der Waals surface area contributed by atoms with Crippen LogP contribution in [0.1, 0.15) is 30.2 Å². The van der Waals surface area contributed by atoms with Gasteiger partial charge < -0.3 is 0 Å². The van der Waals surface area contributed by atoms with Gasteiger partial charge in [-0.15, -0.1) is 18.2 Å². The highest BCUT2D eigenvalue weighted by molar-refractivity contribution is 6.20. The highest BCUT2D eigenvalue weighted by atomic mass is 35.5. The summed E-state index contributed by atoms with van der Waals surface area (Å²) in [7, 11) is 0. The molecule has 1 aromatic rings. The van der Waals surface area contributed by atoms with E-state index in [1.807, 2.05) is 24.3 Å². The summed E-state index contributed by atoms with van der Waals surface area (Å²) >= 11 is 6.21. The zero-order valence-electron chi connectivity index (χ0n) is 7.75. The lowest BCUT2D eigenvalue weighted by Gasteiger charge is -2.07. The van der Waals surface area contributed by atoms with Crippen molar-refractivity contribution in [2.24, 2.45) is 0 Å². The van der Waals surface area contributed by atoms with E-state index in [2.05, 4.69) is 18.7 Å². The Balaban J connectivity index is 2.39. The van der Waals surface area contributed by atoms with Gasteiger partial charge in [0.2, 0.25) is 0 Å². The van der Waals surface area contributed by atoms with E-state index in [0.29, 0.717) is 0 Å². The summed E-state index contributed by atoms with van der Waals surface area (Å²) in [5, 5.41) is 0.154. The summed E-state index contributed by atoms with van der Waals surface area (Å²) in [6.45, 7) is 3.69. The standard InChI is InChI=1S/C12H15Cl/c1-2-3-5-10-12(13)11-8-6-4-7-9-11/h2,4,6-9,12H,1,3,5,10H2/t12-/m1/s1. The van der Waals surface area contributed by atoms with Crippen molar-refractivity contribution in [3.05, 3.63) is 48.6 Å². The predicted molar refractivity (Wildman–Crippen MR) is 59.1 cm³/mol. The highest BCUT2D eigenvalue weighted by Crippen LogP contribution is 2.25. The number of hydrogen-bond donors (Lipinski definition) is 0. The highest BCUT2D eigenvalue weighted by Gasteiger charge is 2.05. The van der Waals surface area contributed by atoms with Crippen molar-refractivity contribution >= 4 is 11.6 Å². The third kappa shape index (κ3) is 3.65. The molecular formula is C12H15Cl. The van der Waals surface area contributed by atoms with Crippen molar-refractivity contribution in [1.29, 1.82) is 0 Å². The molecule has 0 nitrogen and oxygen atoms in total. The largest absolute Gasteiger partial charge is 0.118 e. The molecule has 0 saturated carbocycles. The second kappa shape index (κ2) is 5.82. The van der Waals surface area contributed by atoms with E-state index in [0.717, 1.165) is 19.3 Å². The molecule has 0 aliphatic heterocycles. The Kier molecular flexibility index (Phi) is 4.63. The van der Waals surface area contributed by atoms with Gasteiger partial charge in [0.15, 0.2) is 0 Å². The van der Waals surface area contributed by atoms with E-state index in [1.165, 1.54) is 5.56 Å². The van der Waals surface area contributed by atoms with Crippen LogP contribution in [0, 0.1) is 0 Å². The SMILES string of the molecule is C=CCCC[C@@H](Cl)c1ccccc1. The first-order chi connectivity index (χ1) is 6.34. The van der Waals surface area contributed by atoms with Gasteiger partial charge in [-0.25, -0.2) is 0 Å². The second-order valence-electron chi connectivity index (χ2n) is 3.10. The number of hydrogen-bond acceptors (Lipinski definition) is 0. The van der Waals surface area contributed by atoms with Crippen LogP contribution < -0.4 is 0 Å². The van der Waals surface area contributed by atoms with E-state index in [9.17, 15) is 0 Å². The molecule has 1 aromatic carbocycles. The molecule has 0 spiro atoms. The van der Waals surface area contributed by atoms with Gasteiger partial charge in [0.1, 0.15) is 0 Å². The zero-order chi connectivity index (χ0) is 9.52. The second-order valence-corrected chi connectivity index (χ2v) is 3.62. The molecule has 0 radical (unpaired) electrons. The molecule has 1 heteroatoms. The van der Waals surface area contributed by atoms with Crippen LogP contribution in [0.15, 0.2) is 43.0 Å². The fourth-order valence-electron chi connectivity index (χ4n) is 1.27. The predicted octanol–water partition coefficient (Wildman–Crippen LogP) is 4.32. The van der Waals surface area contributed by atoms with Gasteiger partial charge in [-0.3, -0.25) is 0 Å². The number of allylic oxidation sites excluding steroid dienone is 1. The molecular weight excluding hydrogens is 180 g/mol. The Morgan fingerprint density at radius 3 is 2.62 bits per heavy atom. The van der Waals surface area contributed by atoms with Crippen LogP contribution in [-0.2, 0) is 0 Å². The molecule has 0 N–H and O–H groups in total. The summed E-state index contributed by atoms with van der Waals surface area (Å²) < 4.78 is 0. The van der Waals surface area contributed by atoms with Crippen LogP contribution in [0.5, 0.6) is 0 Å². The Morgan fingerprint density at radius 2 is 2.00 bits per heavy atom. The van der Waals surface area contributed by atoms with Gasteiger partial charge in [0, 0.05) is 0 Å². The van der Waals surface area contributed by atoms with Gasteiger partial charge in [-0.1, -0.05) is 36.4 Å². The quantitative estimate of drug-likeness (QED) is 0.372. The van der Waals surface area contributed by atoms with Gasteiger partial charge >= 0.3 is 0 Å². The molecule has 0 aliphatic rings.